The van der Waals surface area contributed by atoms with Crippen LogP contribution in [0, 0.1) is 5.92 Å². The zero-order chi connectivity index (χ0) is 24.6. The van der Waals surface area contributed by atoms with Gasteiger partial charge in [0.2, 0.25) is 0 Å². The molecule has 0 amide bonds. The summed E-state index contributed by atoms with van der Waals surface area (Å²) in [7, 11) is 3.29. The highest BCUT2D eigenvalue weighted by Crippen LogP contribution is 2.64. The Balaban J connectivity index is 1.72. The molecular weight excluding hydrogens is 444 g/mol. The Kier molecular flexibility index (Phi) is 6.32. The SMILES string of the molecule is COc1ccc2c(c1)O[C@@]1(c3ccc(OC)cc3O[C@H](C)C(=O)O)CCCC[C@@H]1C21CCCCC1. The summed E-state index contributed by atoms with van der Waals surface area (Å²) in [5.74, 6) is 2.11. The van der Waals surface area contributed by atoms with Crippen molar-refractivity contribution in [2.45, 2.75) is 81.8 Å². The van der Waals surface area contributed by atoms with Crippen LogP contribution in [-0.4, -0.2) is 31.4 Å². The van der Waals surface area contributed by atoms with Gasteiger partial charge in [0.15, 0.2) is 6.10 Å². The minimum absolute atomic E-state index is 0.0220. The number of carbonyl (C=O) groups is 1. The van der Waals surface area contributed by atoms with Gasteiger partial charge in [-0.2, -0.15) is 0 Å². The average molecular weight is 481 g/mol. The molecule has 3 aliphatic rings. The van der Waals surface area contributed by atoms with Gasteiger partial charge in [-0.1, -0.05) is 31.7 Å². The number of methoxy groups -OCH3 is 2. The largest absolute Gasteiger partial charge is 0.497 e. The quantitative estimate of drug-likeness (QED) is 0.528. The van der Waals surface area contributed by atoms with Crippen LogP contribution in [0.1, 0.15) is 75.8 Å². The zero-order valence-corrected chi connectivity index (χ0v) is 21.0. The van der Waals surface area contributed by atoms with Gasteiger partial charge >= 0.3 is 5.97 Å². The van der Waals surface area contributed by atoms with E-state index in [0.717, 1.165) is 49.2 Å². The molecule has 0 aromatic heterocycles. The van der Waals surface area contributed by atoms with Gasteiger partial charge < -0.3 is 24.1 Å². The molecule has 1 aliphatic heterocycles. The first-order chi connectivity index (χ1) is 16.9. The number of fused-ring (bicyclic) bond motifs is 4. The fourth-order valence-corrected chi connectivity index (χ4v) is 6.99. The first-order valence-corrected chi connectivity index (χ1v) is 12.9. The van der Waals surface area contributed by atoms with E-state index in [1.807, 2.05) is 24.3 Å². The molecule has 0 unspecified atom stereocenters. The van der Waals surface area contributed by atoms with E-state index in [2.05, 4.69) is 12.1 Å². The summed E-state index contributed by atoms with van der Waals surface area (Å²) in [4.78, 5) is 11.7. The fourth-order valence-electron chi connectivity index (χ4n) is 6.99. The highest BCUT2D eigenvalue weighted by molar-refractivity contribution is 5.72. The number of hydrogen-bond donors (Lipinski definition) is 1. The molecule has 3 atom stereocenters. The number of carboxylic acids is 1. The van der Waals surface area contributed by atoms with Gasteiger partial charge in [0.25, 0.3) is 0 Å². The second-order valence-electron chi connectivity index (χ2n) is 10.3. The molecule has 6 heteroatoms. The molecule has 35 heavy (non-hydrogen) atoms. The maximum Gasteiger partial charge on any atom is 0.344 e. The van der Waals surface area contributed by atoms with Gasteiger partial charge in [-0.3, -0.25) is 0 Å². The third kappa shape index (κ3) is 3.91. The van der Waals surface area contributed by atoms with Crippen molar-refractivity contribution in [1.29, 1.82) is 0 Å². The zero-order valence-electron chi connectivity index (χ0n) is 21.0. The molecule has 2 saturated carbocycles. The van der Waals surface area contributed by atoms with Crippen LogP contribution in [-0.2, 0) is 15.8 Å². The topological polar surface area (TPSA) is 74.2 Å². The normalized spacial score (nSPS) is 25.5. The van der Waals surface area contributed by atoms with E-state index in [1.54, 1.807) is 21.1 Å². The smallest absolute Gasteiger partial charge is 0.344 e. The lowest BCUT2D eigenvalue weighted by atomic mass is 9.51. The number of hydrogen-bond acceptors (Lipinski definition) is 5. The van der Waals surface area contributed by atoms with Gasteiger partial charge in [0, 0.05) is 34.6 Å². The fraction of sp³-hybridized carbons (Fsp3) is 0.552. The van der Waals surface area contributed by atoms with Gasteiger partial charge in [0.1, 0.15) is 28.6 Å². The molecule has 5 rings (SSSR count). The van der Waals surface area contributed by atoms with Gasteiger partial charge in [-0.05, 0) is 57.2 Å². The van der Waals surface area contributed by atoms with E-state index in [1.165, 1.54) is 31.2 Å². The standard InChI is InChI=1S/C29H36O6/c1-19(27(30)31)34-24-17-20(32-2)11-13-23(24)29-16-8-5-9-26(29)28(14-6-4-7-15-28)22-12-10-21(33-3)18-25(22)35-29/h10-13,17-19,26H,4-9,14-16H2,1-3H3,(H,30,31)/t19-,26-,29-/m1/s1. The van der Waals surface area contributed by atoms with Gasteiger partial charge in [0.05, 0.1) is 14.2 Å². The summed E-state index contributed by atoms with van der Waals surface area (Å²) in [6.07, 6.45) is 9.12. The Morgan fingerprint density at radius 1 is 0.943 bits per heavy atom. The third-order valence-electron chi connectivity index (χ3n) is 8.58. The maximum atomic E-state index is 11.7. The highest BCUT2D eigenvalue weighted by atomic mass is 16.5. The number of benzene rings is 2. The molecule has 1 heterocycles. The Bertz CT molecular complexity index is 1090. The minimum atomic E-state index is -1.00. The average Bonchev–Trinajstić information content (AvgIpc) is 2.88. The first kappa shape index (κ1) is 23.8. The minimum Gasteiger partial charge on any atom is -0.497 e. The number of aliphatic carboxylic acids is 1. The molecule has 2 aliphatic carbocycles. The first-order valence-electron chi connectivity index (χ1n) is 12.9. The van der Waals surface area contributed by atoms with Crippen molar-refractivity contribution in [3.63, 3.8) is 0 Å². The second kappa shape index (κ2) is 9.29. The Morgan fingerprint density at radius 3 is 2.29 bits per heavy atom. The van der Waals surface area contributed by atoms with Gasteiger partial charge in [-0.15, -0.1) is 0 Å². The number of carboxylic acid groups (broad SMARTS) is 1. The molecule has 6 nitrogen and oxygen atoms in total. The summed E-state index contributed by atoms with van der Waals surface area (Å²) in [5.41, 5.74) is 1.65. The van der Waals surface area contributed by atoms with Gasteiger partial charge in [-0.25, -0.2) is 4.79 Å². The summed E-state index contributed by atoms with van der Waals surface area (Å²) in [5, 5.41) is 9.59. The van der Waals surface area contributed by atoms with Crippen molar-refractivity contribution in [1.82, 2.24) is 0 Å². The predicted octanol–water partition coefficient (Wildman–Crippen LogP) is 6.24. The van der Waals surface area contributed by atoms with E-state index < -0.39 is 17.7 Å². The molecule has 188 valence electrons. The van der Waals surface area contributed by atoms with Crippen LogP contribution in [0.25, 0.3) is 0 Å². The molecule has 0 saturated heterocycles. The Labute approximate surface area is 207 Å². The van der Waals surface area contributed by atoms with Crippen LogP contribution in [0.5, 0.6) is 23.0 Å². The summed E-state index contributed by atoms with van der Waals surface area (Å²) >= 11 is 0. The number of ether oxygens (including phenoxy) is 4. The van der Waals surface area contributed by atoms with Crippen molar-refractivity contribution in [3.05, 3.63) is 47.5 Å². The molecule has 2 fully saturated rings. The summed E-state index contributed by atoms with van der Waals surface area (Å²) in [6, 6.07) is 12.1. The van der Waals surface area contributed by atoms with Crippen LogP contribution in [0.2, 0.25) is 0 Å². The lowest BCUT2D eigenvalue weighted by Crippen LogP contribution is -2.57. The van der Waals surface area contributed by atoms with Crippen LogP contribution >= 0.6 is 0 Å². The third-order valence-corrected chi connectivity index (χ3v) is 8.58. The van der Waals surface area contributed by atoms with Crippen LogP contribution < -0.4 is 18.9 Å². The van der Waals surface area contributed by atoms with E-state index >= 15 is 0 Å². The van der Waals surface area contributed by atoms with Crippen molar-refractivity contribution >= 4 is 5.97 Å². The maximum absolute atomic E-state index is 11.7. The highest BCUT2D eigenvalue weighted by Gasteiger charge is 2.60. The monoisotopic (exact) mass is 480 g/mol. The molecule has 1 N–H and O–H groups in total. The van der Waals surface area contributed by atoms with Crippen LogP contribution in [0.15, 0.2) is 36.4 Å². The summed E-state index contributed by atoms with van der Waals surface area (Å²) < 4.78 is 24.2. The molecule has 0 bridgehead atoms. The Morgan fingerprint density at radius 2 is 1.60 bits per heavy atom. The van der Waals surface area contributed by atoms with E-state index in [9.17, 15) is 9.90 Å². The molecule has 0 radical (unpaired) electrons. The Hall–Kier alpha value is -2.89. The van der Waals surface area contributed by atoms with E-state index in [0.29, 0.717) is 11.5 Å². The van der Waals surface area contributed by atoms with Crippen molar-refractivity contribution in [2.75, 3.05) is 14.2 Å². The van der Waals surface area contributed by atoms with E-state index in [4.69, 9.17) is 18.9 Å². The van der Waals surface area contributed by atoms with Crippen molar-refractivity contribution in [3.8, 4) is 23.0 Å². The summed E-state index contributed by atoms with van der Waals surface area (Å²) in [6.45, 7) is 1.56. The van der Waals surface area contributed by atoms with E-state index in [-0.39, 0.29) is 11.3 Å². The molecular formula is C29H36O6. The van der Waals surface area contributed by atoms with Crippen molar-refractivity contribution < 1.29 is 28.8 Å². The predicted molar refractivity (Wildman–Crippen MR) is 133 cm³/mol. The molecule has 2 aromatic rings. The molecule has 2 aromatic carbocycles. The van der Waals surface area contributed by atoms with Crippen LogP contribution in [0.4, 0.5) is 0 Å². The van der Waals surface area contributed by atoms with Crippen LogP contribution in [0.3, 0.4) is 0 Å². The van der Waals surface area contributed by atoms with Crippen molar-refractivity contribution in [2.24, 2.45) is 5.92 Å². The lowest BCUT2D eigenvalue weighted by Gasteiger charge is -2.59. The number of rotatable bonds is 6. The molecule has 1 spiro atoms. The second-order valence-corrected chi connectivity index (χ2v) is 10.3. The lowest BCUT2D eigenvalue weighted by molar-refractivity contribution is -0.144.